The summed E-state index contributed by atoms with van der Waals surface area (Å²) in [6.07, 6.45) is 6.03. The summed E-state index contributed by atoms with van der Waals surface area (Å²) in [5.74, 6) is 0.238. The van der Waals surface area contributed by atoms with E-state index < -0.39 is 11.6 Å². The molecule has 1 heterocycles. The molecule has 1 aliphatic heterocycles. The molecule has 3 fully saturated rings. The summed E-state index contributed by atoms with van der Waals surface area (Å²) in [6.45, 7) is 4.07. The summed E-state index contributed by atoms with van der Waals surface area (Å²) in [4.78, 5) is 12.2. The largest absolute Gasteiger partial charge is 0.479 e. The molecule has 2 bridgehead atoms. The molecule has 0 aromatic heterocycles. The molecule has 4 rings (SSSR count). The molecule has 0 radical (unpaired) electrons. The summed E-state index contributed by atoms with van der Waals surface area (Å²) in [6, 6.07) is 6.02. The lowest BCUT2D eigenvalue weighted by Crippen LogP contribution is -2.44. The van der Waals surface area contributed by atoms with Crippen molar-refractivity contribution in [1.82, 2.24) is 5.32 Å². The van der Waals surface area contributed by atoms with Crippen molar-refractivity contribution < 1.29 is 15.0 Å². The molecule has 1 aromatic carbocycles. The molecule has 25 heavy (non-hydrogen) atoms. The first-order valence-corrected chi connectivity index (χ1v) is 9.79. The molecule has 2 saturated carbocycles. The lowest BCUT2D eigenvalue weighted by molar-refractivity contribution is -0.166. The average Bonchev–Trinajstić information content (AvgIpc) is 3.21. The molecule has 3 atom stereocenters. The molecule has 3 N–H and O–H groups in total. The van der Waals surface area contributed by atoms with Crippen LogP contribution in [0.1, 0.15) is 61.1 Å². The van der Waals surface area contributed by atoms with Crippen molar-refractivity contribution in [3.63, 3.8) is 0 Å². The molecule has 4 heteroatoms. The fourth-order valence-corrected chi connectivity index (χ4v) is 5.75. The number of aryl methyl sites for hydroxylation is 1. The second kappa shape index (κ2) is 6.40. The van der Waals surface area contributed by atoms with Gasteiger partial charge in [0.2, 0.25) is 0 Å². The van der Waals surface area contributed by atoms with Crippen LogP contribution in [0.2, 0.25) is 0 Å². The van der Waals surface area contributed by atoms with Crippen LogP contribution in [0.3, 0.4) is 0 Å². The van der Waals surface area contributed by atoms with Gasteiger partial charge in [-0.05, 0) is 74.6 Å². The lowest BCUT2D eigenvalue weighted by atomic mass is 9.71. The number of carbonyl (C=O) groups is 1. The van der Waals surface area contributed by atoms with Crippen LogP contribution < -0.4 is 5.32 Å². The third-order valence-electron chi connectivity index (χ3n) is 6.99. The maximum Gasteiger partial charge on any atom is 0.340 e. The standard InChI is InChI=1S/C21H29NO3/c1-13-6-9-18(21(25,20(23)24)16-4-2-3-5-16)17(10-13)19-14-7-8-15(19)12-22-11-14/h6,9-10,14-16,19,22,25H,2-5,7-8,11-12H2,1H3,(H,23,24). The van der Waals surface area contributed by atoms with Gasteiger partial charge in [0.15, 0.2) is 5.60 Å². The maximum atomic E-state index is 12.2. The summed E-state index contributed by atoms with van der Waals surface area (Å²) >= 11 is 0. The van der Waals surface area contributed by atoms with Crippen molar-refractivity contribution in [3.05, 3.63) is 34.9 Å². The van der Waals surface area contributed by atoms with Crippen LogP contribution in [0.5, 0.6) is 0 Å². The number of hydrogen-bond acceptors (Lipinski definition) is 3. The molecule has 136 valence electrons. The van der Waals surface area contributed by atoms with E-state index in [2.05, 4.69) is 18.3 Å². The van der Waals surface area contributed by atoms with Crippen LogP contribution in [0, 0.1) is 24.7 Å². The zero-order valence-corrected chi connectivity index (χ0v) is 15.0. The summed E-state index contributed by atoms with van der Waals surface area (Å²) < 4.78 is 0. The third-order valence-corrected chi connectivity index (χ3v) is 6.99. The smallest absolute Gasteiger partial charge is 0.340 e. The van der Waals surface area contributed by atoms with Crippen LogP contribution in [0.25, 0.3) is 0 Å². The van der Waals surface area contributed by atoms with Crippen molar-refractivity contribution in [2.24, 2.45) is 17.8 Å². The normalized spacial score (nSPS) is 31.8. The quantitative estimate of drug-likeness (QED) is 0.785. The molecule has 0 amide bonds. The third kappa shape index (κ3) is 2.70. The number of aliphatic hydroxyl groups is 1. The molecule has 3 aliphatic rings. The van der Waals surface area contributed by atoms with Gasteiger partial charge in [0, 0.05) is 5.92 Å². The van der Waals surface area contributed by atoms with E-state index in [1.54, 1.807) is 0 Å². The Balaban J connectivity index is 1.83. The van der Waals surface area contributed by atoms with E-state index in [0.717, 1.165) is 49.9 Å². The van der Waals surface area contributed by atoms with Gasteiger partial charge in [0.1, 0.15) is 0 Å². The second-order valence-electron chi connectivity index (χ2n) is 8.43. The predicted octanol–water partition coefficient (Wildman–Crippen LogP) is 3.17. The molecule has 4 nitrogen and oxygen atoms in total. The first kappa shape index (κ1) is 17.0. The fourth-order valence-electron chi connectivity index (χ4n) is 5.75. The first-order chi connectivity index (χ1) is 12.0. The molecule has 0 spiro atoms. The minimum Gasteiger partial charge on any atom is -0.479 e. The fraction of sp³-hybridized carbons (Fsp3) is 0.667. The van der Waals surface area contributed by atoms with Crippen molar-refractivity contribution in [1.29, 1.82) is 0 Å². The minimum absolute atomic E-state index is 0.175. The molecule has 1 saturated heterocycles. The van der Waals surface area contributed by atoms with E-state index in [9.17, 15) is 15.0 Å². The number of fused-ring (bicyclic) bond motifs is 2. The Morgan fingerprint density at radius 1 is 1.12 bits per heavy atom. The maximum absolute atomic E-state index is 12.2. The van der Waals surface area contributed by atoms with Gasteiger partial charge in [-0.15, -0.1) is 0 Å². The number of rotatable bonds is 4. The van der Waals surface area contributed by atoms with Gasteiger partial charge >= 0.3 is 5.97 Å². The van der Waals surface area contributed by atoms with Crippen LogP contribution in [-0.2, 0) is 10.4 Å². The monoisotopic (exact) mass is 343 g/mol. The molecular weight excluding hydrogens is 314 g/mol. The number of benzene rings is 1. The van der Waals surface area contributed by atoms with Gasteiger partial charge in [-0.2, -0.15) is 0 Å². The van der Waals surface area contributed by atoms with Gasteiger partial charge in [-0.3, -0.25) is 0 Å². The number of hydrogen-bond donors (Lipinski definition) is 3. The van der Waals surface area contributed by atoms with Gasteiger partial charge in [0.25, 0.3) is 0 Å². The van der Waals surface area contributed by atoms with Gasteiger partial charge in [0.05, 0.1) is 0 Å². The van der Waals surface area contributed by atoms with E-state index in [-0.39, 0.29) is 5.92 Å². The van der Waals surface area contributed by atoms with Crippen LogP contribution in [-0.4, -0.2) is 29.3 Å². The van der Waals surface area contributed by atoms with Crippen molar-refractivity contribution in [3.8, 4) is 0 Å². The molecule has 2 aliphatic carbocycles. The summed E-state index contributed by atoms with van der Waals surface area (Å²) in [7, 11) is 0. The number of carboxylic acids is 1. The number of nitrogens with one attached hydrogen (secondary N) is 1. The van der Waals surface area contributed by atoms with Gasteiger partial charge in [-0.25, -0.2) is 4.79 Å². The predicted molar refractivity (Wildman–Crippen MR) is 96.5 cm³/mol. The van der Waals surface area contributed by atoms with Crippen molar-refractivity contribution >= 4 is 5.97 Å². The topological polar surface area (TPSA) is 69.6 Å². The Kier molecular flexibility index (Phi) is 4.37. The Hall–Kier alpha value is -1.39. The van der Waals surface area contributed by atoms with Crippen LogP contribution >= 0.6 is 0 Å². The van der Waals surface area contributed by atoms with E-state index in [1.165, 1.54) is 12.8 Å². The van der Waals surface area contributed by atoms with E-state index in [4.69, 9.17) is 0 Å². The van der Waals surface area contributed by atoms with E-state index in [0.29, 0.717) is 23.3 Å². The Morgan fingerprint density at radius 3 is 2.36 bits per heavy atom. The molecular formula is C21H29NO3. The highest BCUT2D eigenvalue weighted by molar-refractivity contribution is 5.80. The lowest BCUT2D eigenvalue weighted by Gasteiger charge is -2.37. The Morgan fingerprint density at radius 2 is 1.76 bits per heavy atom. The zero-order chi connectivity index (χ0) is 17.6. The Bertz CT molecular complexity index is 651. The average molecular weight is 343 g/mol. The van der Waals surface area contributed by atoms with E-state index in [1.807, 2.05) is 12.1 Å². The number of carboxylic acid groups (broad SMARTS) is 1. The number of aliphatic carboxylic acids is 1. The highest BCUT2D eigenvalue weighted by Crippen LogP contribution is 2.50. The van der Waals surface area contributed by atoms with Gasteiger partial charge in [-0.1, -0.05) is 36.6 Å². The zero-order valence-electron chi connectivity index (χ0n) is 15.0. The van der Waals surface area contributed by atoms with Crippen molar-refractivity contribution in [2.75, 3.05) is 13.1 Å². The molecule has 3 unspecified atom stereocenters. The highest BCUT2D eigenvalue weighted by atomic mass is 16.4. The highest BCUT2D eigenvalue weighted by Gasteiger charge is 2.50. The van der Waals surface area contributed by atoms with Crippen molar-refractivity contribution in [2.45, 2.75) is 57.0 Å². The first-order valence-electron chi connectivity index (χ1n) is 9.79. The molecule has 1 aromatic rings. The van der Waals surface area contributed by atoms with Gasteiger partial charge < -0.3 is 15.5 Å². The Labute approximate surface area is 149 Å². The van der Waals surface area contributed by atoms with Crippen LogP contribution in [0.15, 0.2) is 18.2 Å². The SMILES string of the molecule is Cc1ccc(C(O)(C(=O)O)C2CCCC2)c(C2C3CCC2CNC3)c1. The number of piperidine rings is 1. The second-order valence-corrected chi connectivity index (χ2v) is 8.43. The minimum atomic E-state index is -1.75. The summed E-state index contributed by atoms with van der Waals surface area (Å²) in [5.41, 5.74) is 1.17. The van der Waals surface area contributed by atoms with E-state index >= 15 is 0 Å². The van der Waals surface area contributed by atoms with Crippen LogP contribution in [0.4, 0.5) is 0 Å². The summed E-state index contributed by atoms with van der Waals surface area (Å²) in [5, 5.41) is 25.0.